The zero-order valence-corrected chi connectivity index (χ0v) is 15.9. The van der Waals surface area contributed by atoms with Gasteiger partial charge >= 0.3 is 0 Å². The topological polar surface area (TPSA) is 41.1 Å². The Morgan fingerprint density at radius 1 is 0.852 bits per heavy atom. The van der Waals surface area contributed by atoms with Crippen molar-refractivity contribution in [3.05, 3.63) is 102 Å². The fourth-order valence-electron chi connectivity index (χ4n) is 3.14. The molecule has 3 aromatic carbocycles. The van der Waals surface area contributed by atoms with Crippen LogP contribution >= 0.6 is 0 Å². The quantitative estimate of drug-likeness (QED) is 0.631. The number of amides is 1. The van der Waals surface area contributed by atoms with Crippen molar-refractivity contribution in [3.63, 3.8) is 0 Å². The molecule has 0 aliphatic carbocycles. The highest BCUT2D eigenvalue weighted by Crippen LogP contribution is 2.20. The van der Waals surface area contributed by atoms with E-state index in [1.54, 1.807) is 0 Å². The zero-order chi connectivity index (χ0) is 19.1. The van der Waals surface area contributed by atoms with Crippen LogP contribution in [-0.2, 0) is 11.2 Å². The Balaban J connectivity index is 1.73. The number of carbonyl (C=O) groups is 1. The number of aryl methyl sites for hydroxylation is 1. The van der Waals surface area contributed by atoms with Gasteiger partial charge in [0.2, 0.25) is 5.91 Å². The first-order valence-corrected chi connectivity index (χ1v) is 9.35. The van der Waals surface area contributed by atoms with Crippen molar-refractivity contribution < 1.29 is 4.79 Å². The van der Waals surface area contributed by atoms with Gasteiger partial charge in [-0.15, -0.1) is 0 Å². The molecule has 0 aliphatic rings. The Morgan fingerprint density at radius 3 is 2.11 bits per heavy atom. The largest absolute Gasteiger partial charge is 0.324 e. The normalized spacial score (nSPS) is 13.0. The fourth-order valence-corrected chi connectivity index (χ4v) is 3.14. The standard InChI is InChI=1S/C24H26N2O/c1-18-11-9-10-16-22(18)26-24(27)19(2)25-23(21-14-7-4-8-15-21)17-20-12-5-3-6-13-20/h3-16,19,23,25H,17H2,1-2H3,(H,26,27). The maximum Gasteiger partial charge on any atom is 0.241 e. The number of anilines is 1. The van der Waals surface area contributed by atoms with Crippen LogP contribution in [0.15, 0.2) is 84.9 Å². The monoisotopic (exact) mass is 358 g/mol. The zero-order valence-electron chi connectivity index (χ0n) is 15.9. The van der Waals surface area contributed by atoms with Crippen LogP contribution in [0.5, 0.6) is 0 Å². The van der Waals surface area contributed by atoms with Gasteiger partial charge < -0.3 is 5.32 Å². The average Bonchev–Trinajstić information content (AvgIpc) is 2.70. The predicted octanol–water partition coefficient (Wildman–Crippen LogP) is 4.90. The summed E-state index contributed by atoms with van der Waals surface area (Å²) in [5, 5.41) is 6.54. The molecular formula is C24H26N2O. The minimum atomic E-state index is -0.321. The lowest BCUT2D eigenvalue weighted by Crippen LogP contribution is -2.41. The molecule has 0 spiro atoms. The number of rotatable bonds is 7. The Morgan fingerprint density at radius 2 is 1.44 bits per heavy atom. The van der Waals surface area contributed by atoms with E-state index in [9.17, 15) is 4.79 Å². The van der Waals surface area contributed by atoms with E-state index < -0.39 is 0 Å². The lowest BCUT2D eigenvalue weighted by atomic mass is 9.98. The fraction of sp³-hybridized carbons (Fsp3) is 0.208. The first-order valence-electron chi connectivity index (χ1n) is 9.35. The Labute approximate surface area is 161 Å². The second-order valence-electron chi connectivity index (χ2n) is 6.85. The van der Waals surface area contributed by atoms with Crippen LogP contribution in [-0.4, -0.2) is 11.9 Å². The minimum Gasteiger partial charge on any atom is -0.324 e. The van der Waals surface area contributed by atoms with Gasteiger partial charge in [0.05, 0.1) is 6.04 Å². The molecule has 0 fully saturated rings. The molecule has 0 bridgehead atoms. The van der Waals surface area contributed by atoms with Crippen LogP contribution < -0.4 is 10.6 Å². The van der Waals surface area contributed by atoms with Crippen molar-refractivity contribution in [1.29, 1.82) is 0 Å². The molecule has 138 valence electrons. The summed E-state index contributed by atoms with van der Waals surface area (Å²) >= 11 is 0. The molecule has 0 heterocycles. The van der Waals surface area contributed by atoms with E-state index in [0.717, 1.165) is 17.7 Å². The number of hydrogen-bond donors (Lipinski definition) is 2. The third kappa shape index (κ3) is 5.28. The summed E-state index contributed by atoms with van der Waals surface area (Å²) < 4.78 is 0. The highest BCUT2D eigenvalue weighted by atomic mass is 16.2. The van der Waals surface area contributed by atoms with Crippen molar-refractivity contribution in [2.24, 2.45) is 0 Å². The molecule has 0 saturated carbocycles. The summed E-state index contributed by atoms with van der Waals surface area (Å²) in [4.78, 5) is 12.7. The van der Waals surface area contributed by atoms with Crippen LogP contribution in [0.4, 0.5) is 5.69 Å². The van der Waals surface area contributed by atoms with Crippen molar-refractivity contribution in [2.75, 3.05) is 5.32 Å². The van der Waals surface area contributed by atoms with E-state index in [0.29, 0.717) is 0 Å². The molecule has 3 aromatic rings. The number of hydrogen-bond acceptors (Lipinski definition) is 2. The predicted molar refractivity (Wildman–Crippen MR) is 112 cm³/mol. The number of carbonyl (C=O) groups excluding carboxylic acids is 1. The molecule has 3 nitrogen and oxygen atoms in total. The number of benzene rings is 3. The second kappa shape index (κ2) is 9.15. The van der Waals surface area contributed by atoms with Gasteiger partial charge in [0.25, 0.3) is 0 Å². The maximum atomic E-state index is 12.7. The van der Waals surface area contributed by atoms with Gasteiger partial charge in [-0.3, -0.25) is 10.1 Å². The third-order valence-corrected chi connectivity index (χ3v) is 4.73. The molecule has 1 amide bonds. The van der Waals surface area contributed by atoms with Crippen LogP contribution in [0.2, 0.25) is 0 Å². The van der Waals surface area contributed by atoms with Crippen molar-refractivity contribution >= 4 is 11.6 Å². The van der Waals surface area contributed by atoms with Crippen molar-refractivity contribution in [2.45, 2.75) is 32.4 Å². The van der Waals surface area contributed by atoms with E-state index in [-0.39, 0.29) is 18.0 Å². The molecule has 27 heavy (non-hydrogen) atoms. The first kappa shape index (κ1) is 18.9. The number of nitrogens with one attached hydrogen (secondary N) is 2. The van der Waals surface area contributed by atoms with E-state index in [1.165, 1.54) is 11.1 Å². The Bertz CT molecular complexity index is 862. The molecule has 3 rings (SSSR count). The summed E-state index contributed by atoms with van der Waals surface area (Å²) in [5.41, 5.74) is 4.33. The van der Waals surface area contributed by atoms with Gasteiger partial charge in [-0.2, -0.15) is 0 Å². The Kier molecular flexibility index (Phi) is 6.39. The molecule has 0 radical (unpaired) electrons. The molecule has 0 aliphatic heterocycles. The summed E-state index contributed by atoms with van der Waals surface area (Å²) in [6.45, 7) is 3.91. The smallest absolute Gasteiger partial charge is 0.241 e. The van der Waals surface area contributed by atoms with Gasteiger partial charge in [0.15, 0.2) is 0 Å². The second-order valence-corrected chi connectivity index (χ2v) is 6.85. The maximum absolute atomic E-state index is 12.7. The number of para-hydroxylation sites is 1. The molecule has 0 saturated heterocycles. The lowest BCUT2D eigenvalue weighted by molar-refractivity contribution is -0.118. The van der Waals surface area contributed by atoms with Crippen LogP contribution in [0.3, 0.4) is 0 Å². The summed E-state index contributed by atoms with van der Waals surface area (Å²) in [5.74, 6) is -0.0294. The van der Waals surface area contributed by atoms with Crippen LogP contribution in [0.25, 0.3) is 0 Å². The highest BCUT2D eigenvalue weighted by Gasteiger charge is 2.20. The first-order chi connectivity index (χ1) is 13.1. The van der Waals surface area contributed by atoms with Gasteiger partial charge in [0, 0.05) is 11.7 Å². The highest BCUT2D eigenvalue weighted by molar-refractivity contribution is 5.95. The average molecular weight is 358 g/mol. The molecule has 0 aromatic heterocycles. The van der Waals surface area contributed by atoms with Crippen LogP contribution in [0, 0.1) is 6.92 Å². The SMILES string of the molecule is Cc1ccccc1NC(=O)C(C)NC(Cc1ccccc1)c1ccccc1. The van der Waals surface area contributed by atoms with Gasteiger partial charge in [0.1, 0.15) is 0 Å². The lowest BCUT2D eigenvalue weighted by Gasteiger charge is -2.24. The Hall–Kier alpha value is -2.91. The van der Waals surface area contributed by atoms with Gasteiger partial charge in [-0.05, 0) is 43.0 Å². The molecule has 2 N–H and O–H groups in total. The molecule has 3 heteroatoms. The van der Waals surface area contributed by atoms with E-state index in [2.05, 4.69) is 34.9 Å². The third-order valence-electron chi connectivity index (χ3n) is 4.73. The van der Waals surface area contributed by atoms with Gasteiger partial charge in [-0.25, -0.2) is 0 Å². The molecule has 2 unspecified atom stereocenters. The minimum absolute atomic E-state index is 0.0294. The summed E-state index contributed by atoms with van der Waals surface area (Å²) in [7, 11) is 0. The van der Waals surface area contributed by atoms with Gasteiger partial charge in [-0.1, -0.05) is 78.9 Å². The summed E-state index contributed by atoms with van der Waals surface area (Å²) in [6, 6.07) is 28.2. The molecule has 2 atom stereocenters. The van der Waals surface area contributed by atoms with Crippen LogP contribution in [0.1, 0.15) is 29.7 Å². The van der Waals surface area contributed by atoms with Crippen molar-refractivity contribution in [1.82, 2.24) is 5.32 Å². The summed E-state index contributed by atoms with van der Waals surface area (Å²) in [6.07, 6.45) is 0.826. The molecular weight excluding hydrogens is 332 g/mol. The van der Waals surface area contributed by atoms with E-state index in [1.807, 2.05) is 74.5 Å². The van der Waals surface area contributed by atoms with Crippen molar-refractivity contribution in [3.8, 4) is 0 Å². The van der Waals surface area contributed by atoms with E-state index in [4.69, 9.17) is 0 Å². The van der Waals surface area contributed by atoms with E-state index >= 15 is 0 Å².